The summed E-state index contributed by atoms with van der Waals surface area (Å²) >= 11 is 5.94. The Bertz CT molecular complexity index is 1180. The number of primary amides is 1. The number of hydrogen-bond acceptors (Lipinski definition) is 4. The van der Waals surface area contributed by atoms with Crippen LogP contribution in [0, 0.1) is 5.41 Å². The number of amidine groups is 2. The van der Waals surface area contributed by atoms with Crippen molar-refractivity contribution in [3.63, 3.8) is 0 Å². The molecule has 4 rings (SSSR count). The number of amides is 2. The number of nitrogens with zero attached hydrogens (tertiary/aromatic N) is 3. The van der Waals surface area contributed by atoms with Gasteiger partial charge in [-0.25, -0.2) is 4.79 Å². The van der Waals surface area contributed by atoms with Crippen molar-refractivity contribution in [2.75, 3.05) is 19.8 Å². The van der Waals surface area contributed by atoms with Crippen LogP contribution in [-0.4, -0.2) is 58.4 Å². The van der Waals surface area contributed by atoms with E-state index in [2.05, 4.69) is 0 Å². The summed E-state index contributed by atoms with van der Waals surface area (Å²) in [5.74, 6) is -0.349. The number of ether oxygens (including phenoxy) is 1. The van der Waals surface area contributed by atoms with Crippen LogP contribution in [-0.2, 0) is 12.7 Å². The molecule has 0 aliphatic carbocycles. The Morgan fingerprint density at radius 3 is 2.65 bits per heavy atom. The van der Waals surface area contributed by atoms with E-state index < -0.39 is 30.4 Å². The largest absolute Gasteiger partial charge is 0.493 e. The highest BCUT2D eigenvalue weighted by Gasteiger charge is 2.37. The zero-order valence-electron chi connectivity index (χ0n) is 19.8. The van der Waals surface area contributed by atoms with Gasteiger partial charge >= 0.3 is 12.2 Å². The van der Waals surface area contributed by atoms with E-state index in [1.807, 2.05) is 0 Å². The van der Waals surface area contributed by atoms with Gasteiger partial charge in [0.05, 0.1) is 30.4 Å². The number of hydrogen-bond donors (Lipinski definition) is 3. The second-order valence-corrected chi connectivity index (χ2v) is 9.46. The third-order valence-electron chi connectivity index (χ3n) is 6.61. The van der Waals surface area contributed by atoms with Crippen molar-refractivity contribution >= 4 is 29.3 Å². The minimum absolute atomic E-state index is 0.0967. The second kappa shape index (κ2) is 11.1. The topological polar surface area (TPSA) is 116 Å². The van der Waals surface area contributed by atoms with E-state index in [1.165, 1.54) is 21.2 Å². The summed E-state index contributed by atoms with van der Waals surface area (Å²) in [6, 6.07) is 8.59. The number of likely N-dealkylation sites (tertiary alicyclic amines) is 1. The summed E-state index contributed by atoms with van der Waals surface area (Å²) in [4.78, 5) is 16.1. The van der Waals surface area contributed by atoms with Crippen LogP contribution >= 0.6 is 11.6 Å². The Morgan fingerprint density at radius 2 is 1.97 bits per heavy atom. The maximum absolute atomic E-state index is 13.3. The molecule has 1 saturated heterocycles. The van der Waals surface area contributed by atoms with Crippen molar-refractivity contribution in [1.29, 1.82) is 5.41 Å². The molecule has 2 aliphatic heterocycles. The van der Waals surface area contributed by atoms with Crippen LogP contribution in [0.2, 0.25) is 5.02 Å². The van der Waals surface area contributed by atoms with E-state index in [-0.39, 0.29) is 36.6 Å². The standard InChI is InChI=1S/C25H26ClF3N5O3/c26-17-6-3-15(4-7-17)13-34(22(30)14-35)23(31)20-2-1-10-33(20)24(36)32-19-9-11-37-21-12-16(25(27,28)29)5-8-18(19)21/h3-8,12,19-20,30,35H,1-2,9-11,13-14H2,(H,32,36)/q-1/p+1/t19?,20-/m1/s1. The van der Waals surface area contributed by atoms with Crippen LogP contribution in [0.25, 0.3) is 5.41 Å². The third-order valence-corrected chi connectivity index (χ3v) is 6.86. The van der Waals surface area contributed by atoms with E-state index in [0.717, 1.165) is 17.7 Å². The van der Waals surface area contributed by atoms with Crippen LogP contribution in [0.5, 0.6) is 5.75 Å². The second-order valence-electron chi connectivity index (χ2n) is 9.03. The fraction of sp³-hybridized carbons (Fsp3) is 0.400. The number of carbonyl (C=O) groups is 1. The van der Waals surface area contributed by atoms with Gasteiger partial charge < -0.3 is 25.6 Å². The minimum atomic E-state index is -4.50. The molecule has 2 aromatic carbocycles. The smallest absolute Gasteiger partial charge is 0.416 e. The van der Waals surface area contributed by atoms with Gasteiger partial charge in [-0.3, -0.25) is 10.2 Å². The Kier molecular flexibility index (Phi) is 8.05. The van der Waals surface area contributed by atoms with Crippen LogP contribution in [0.3, 0.4) is 0 Å². The first-order valence-electron chi connectivity index (χ1n) is 11.8. The highest BCUT2D eigenvalue weighted by molar-refractivity contribution is 6.30. The molecule has 2 amide bonds. The molecule has 0 bridgehead atoms. The van der Waals surface area contributed by atoms with Crippen molar-refractivity contribution in [3.05, 3.63) is 69.6 Å². The lowest BCUT2D eigenvalue weighted by atomic mass is 9.98. The summed E-state index contributed by atoms with van der Waals surface area (Å²) < 4.78 is 44.7. The first-order chi connectivity index (χ1) is 17.6. The number of quaternary nitrogens is 1. The lowest BCUT2D eigenvalue weighted by Crippen LogP contribution is -2.92. The fourth-order valence-corrected chi connectivity index (χ4v) is 4.81. The van der Waals surface area contributed by atoms with E-state index in [4.69, 9.17) is 21.7 Å². The van der Waals surface area contributed by atoms with Gasteiger partial charge in [-0.1, -0.05) is 29.6 Å². The molecule has 8 nitrogen and oxygen atoms in total. The van der Waals surface area contributed by atoms with E-state index in [1.54, 1.807) is 24.3 Å². The molecule has 2 aromatic rings. The molecular weight excluding hydrogens is 511 g/mol. The van der Waals surface area contributed by atoms with Crippen molar-refractivity contribution in [2.24, 2.45) is 0 Å². The maximum atomic E-state index is 13.3. The molecule has 37 heavy (non-hydrogen) atoms. The van der Waals surface area contributed by atoms with Gasteiger partial charge in [-0.05, 0) is 55.3 Å². The van der Waals surface area contributed by atoms with Gasteiger partial charge in [-0.2, -0.15) is 13.2 Å². The van der Waals surface area contributed by atoms with Crippen molar-refractivity contribution in [3.8, 4) is 5.75 Å². The Balaban J connectivity index is 1.49. The summed E-state index contributed by atoms with van der Waals surface area (Å²) in [5, 5.41) is 30.9. The molecule has 4 N–H and O–H groups in total. The number of halogens is 4. The van der Waals surface area contributed by atoms with Gasteiger partial charge in [0, 0.05) is 23.8 Å². The minimum Gasteiger partial charge on any atom is -0.493 e. The van der Waals surface area contributed by atoms with Crippen LogP contribution < -0.4 is 10.1 Å². The molecule has 1 fully saturated rings. The first-order valence-corrected chi connectivity index (χ1v) is 12.2. The summed E-state index contributed by atoms with van der Waals surface area (Å²) in [6.07, 6.45) is -2.99. The number of alkyl halides is 3. The molecule has 12 heteroatoms. The normalized spacial score (nSPS) is 19.2. The molecule has 2 heterocycles. The van der Waals surface area contributed by atoms with Gasteiger partial charge in [0.15, 0.2) is 0 Å². The molecule has 0 saturated carbocycles. The number of urea groups is 1. The number of benzene rings is 2. The highest BCUT2D eigenvalue weighted by atomic mass is 35.5. The van der Waals surface area contributed by atoms with Crippen molar-refractivity contribution < 1.29 is 33.1 Å². The van der Waals surface area contributed by atoms with Crippen LogP contribution in [0.15, 0.2) is 42.5 Å². The molecular formula is C25H27ClF3N5O3. The monoisotopic (exact) mass is 537 g/mol. The van der Waals surface area contributed by atoms with E-state index in [0.29, 0.717) is 36.4 Å². The van der Waals surface area contributed by atoms with Gasteiger partial charge in [0.25, 0.3) is 0 Å². The molecule has 0 spiro atoms. The lowest BCUT2D eigenvalue weighted by Gasteiger charge is -2.40. The zero-order valence-corrected chi connectivity index (χ0v) is 20.6. The first kappa shape index (κ1) is 26.9. The number of aliphatic hydroxyl groups excluding tert-OH is 1. The Labute approximate surface area is 217 Å². The molecule has 198 valence electrons. The van der Waals surface area contributed by atoms with E-state index in [9.17, 15) is 28.5 Å². The predicted molar refractivity (Wildman–Crippen MR) is 132 cm³/mol. The summed E-state index contributed by atoms with van der Waals surface area (Å²) in [6.45, 7) is 0.0310. The highest BCUT2D eigenvalue weighted by Crippen LogP contribution is 2.37. The number of aliphatic hydroxyl groups is 1. The van der Waals surface area contributed by atoms with Gasteiger partial charge in [0.2, 0.25) is 0 Å². The van der Waals surface area contributed by atoms with Gasteiger partial charge in [-0.15, -0.1) is 0 Å². The van der Waals surface area contributed by atoms with Crippen LogP contribution in [0.1, 0.15) is 42.0 Å². The quantitative estimate of drug-likeness (QED) is 0.398. The average Bonchev–Trinajstić information content (AvgIpc) is 3.37. The average molecular weight is 538 g/mol. The molecule has 2 aliphatic rings. The summed E-state index contributed by atoms with van der Waals surface area (Å²) in [5.41, 5.74) is 0.432. The van der Waals surface area contributed by atoms with Crippen LogP contribution in [0.4, 0.5) is 18.0 Å². The molecule has 0 aromatic heterocycles. The molecule has 1 unspecified atom stereocenters. The molecule has 0 radical (unpaired) electrons. The number of rotatable bonds is 5. The third kappa shape index (κ3) is 6.06. The SMILES string of the molecule is [N-]=C([C@H]1CCCN1C(=O)[NH2+]C1CCOc2cc(C(F)(F)F)ccc21)N(Cc1ccc(Cl)cc1)C(=N)CO. The number of carbonyl (C=O) groups excluding carboxylic acids is 1. The van der Waals surface area contributed by atoms with Gasteiger partial charge in [0.1, 0.15) is 11.8 Å². The maximum Gasteiger partial charge on any atom is 0.416 e. The van der Waals surface area contributed by atoms with Crippen molar-refractivity contribution in [2.45, 2.75) is 44.1 Å². The number of fused-ring (bicyclic) bond motifs is 1. The number of nitrogens with two attached hydrogens (primary N) is 1. The lowest BCUT2D eigenvalue weighted by molar-refractivity contribution is -0.610. The zero-order chi connectivity index (χ0) is 26.7. The fourth-order valence-electron chi connectivity index (χ4n) is 4.69. The molecule has 2 atom stereocenters. The van der Waals surface area contributed by atoms with Crippen molar-refractivity contribution in [1.82, 2.24) is 9.80 Å². The predicted octanol–water partition coefficient (Wildman–Crippen LogP) is 3.77. The number of nitrogens with one attached hydrogen (secondary N) is 1. The summed E-state index contributed by atoms with van der Waals surface area (Å²) in [7, 11) is 0. The Hall–Kier alpha value is -3.15. The van der Waals surface area contributed by atoms with E-state index >= 15 is 0 Å². The Morgan fingerprint density at radius 1 is 1.24 bits per heavy atom.